The van der Waals surface area contributed by atoms with Crippen LogP contribution < -0.4 is 14.2 Å². The molecule has 0 radical (unpaired) electrons. The van der Waals surface area contributed by atoms with Gasteiger partial charge in [0.05, 0.1) is 24.2 Å². The Morgan fingerprint density at radius 2 is 1.83 bits per heavy atom. The number of fused-ring (bicyclic) bond motifs is 1. The Kier molecular flexibility index (Phi) is 9.50. The SMILES string of the molecule is C[C@H](Oc1c(Br)c(I)cc2c(O[C@H]3CCN(C(=O)OC(C)(C)C)C3)cc(OC3CCOCC3)nc12)c1ccccc1. The van der Waals surface area contributed by atoms with Crippen molar-refractivity contribution in [3.05, 3.63) is 56.1 Å². The number of ether oxygens (including phenoxy) is 5. The van der Waals surface area contributed by atoms with Gasteiger partial charge in [0.25, 0.3) is 0 Å². The predicted molar refractivity (Wildman–Crippen MR) is 169 cm³/mol. The minimum absolute atomic E-state index is 0.00981. The summed E-state index contributed by atoms with van der Waals surface area (Å²) in [6.45, 7) is 9.98. The highest BCUT2D eigenvalue weighted by atomic mass is 127. The lowest BCUT2D eigenvalue weighted by Crippen LogP contribution is -2.36. The summed E-state index contributed by atoms with van der Waals surface area (Å²) in [5.74, 6) is 1.76. The second-order valence-corrected chi connectivity index (χ2v) is 13.4. The molecule has 3 heterocycles. The number of hydrogen-bond acceptors (Lipinski definition) is 7. The second kappa shape index (κ2) is 12.9. The van der Waals surface area contributed by atoms with Crippen molar-refractivity contribution < 1.29 is 28.5 Å². The van der Waals surface area contributed by atoms with Crippen LogP contribution in [-0.4, -0.2) is 60.1 Å². The Bertz CT molecular complexity index is 1380. The van der Waals surface area contributed by atoms with Crippen molar-refractivity contribution in [2.45, 2.75) is 70.9 Å². The number of benzene rings is 2. The molecule has 0 aliphatic carbocycles. The van der Waals surface area contributed by atoms with Crippen molar-refractivity contribution in [1.29, 1.82) is 0 Å². The van der Waals surface area contributed by atoms with E-state index in [1.807, 2.05) is 70.2 Å². The van der Waals surface area contributed by atoms with Gasteiger partial charge >= 0.3 is 6.09 Å². The summed E-state index contributed by atoms with van der Waals surface area (Å²) in [7, 11) is 0. The summed E-state index contributed by atoms with van der Waals surface area (Å²) < 4.78 is 32.4. The van der Waals surface area contributed by atoms with E-state index in [0.29, 0.717) is 55.6 Å². The fourth-order valence-corrected chi connectivity index (χ4v) is 5.87. The first-order chi connectivity index (χ1) is 19.6. The molecular weight excluding hydrogens is 703 g/mol. The van der Waals surface area contributed by atoms with E-state index < -0.39 is 5.60 Å². The van der Waals surface area contributed by atoms with Gasteiger partial charge in [-0.25, -0.2) is 9.78 Å². The second-order valence-electron chi connectivity index (χ2n) is 11.4. The van der Waals surface area contributed by atoms with Gasteiger partial charge in [0.2, 0.25) is 5.88 Å². The van der Waals surface area contributed by atoms with Crippen molar-refractivity contribution in [1.82, 2.24) is 9.88 Å². The summed E-state index contributed by atoms with van der Waals surface area (Å²) in [5, 5.41) is 0.822. The lowest BCUT2D eigenvalue weighted by Gasteiger charge is -2.25. The van der Waals surface area contributed by atoms with Crippen molar-refractivity contribution in [2.24, 2.45) is 0 Å². The molecule has 1 aromatic heterocycles. The highest BCUT2D eigenvalue weighted by molar-refractivity contribution is 14.1. The van der Waals surface area contributed by atoms with E-state index in [1.54, 1.807) is 4.90 Å². The lowest BCUT2D eigenvalue weighted by atomic mass is 10.1. The monoisotopic (exact) mass is 738 g/mol. The molecule has 2 fully saturated rings. The van der Waals surface area contributed by atoms with E-state index in [-0.39, 0.29) is 24.4 Å². The molecule has 2 aliphatic heterocycles. The number of rotatable bonds is 7. The van der Waals surface area contributed by atoms with Crippen LogP contribution in [0.5, 0.6) is 17.4 Å². The Hall–Kier alpha value is -2.31. The van der Waals surface area contributed by atoms with Gasteiger partial charge in [-0.15, -0.1) is 0 Å². The fraction of sp³-hybridized carbons (Fsp3) is 0.484. The van der Waals surface area contributed by atoms with Gasteiger partial charge in [-0.05, 0) is 77.8 Å². The average molecular weight is 739 g/mol. The third-order valence-electron chi connectivity index (χ3n) is 7.00. The quantitative estimate of drug-likeness (QED) is 0.230. The maximum atomic E-state index is 12.7. The van der Waals surface area contributed by atoms with Crippen LogP contribution in [0.2, 0.25) is 0 Å². The van der Waals surface area contributed by atoms with Gasteiger partial charge in [0.15, 0.2) is 5.75 Å². The molecule has 0 bridgehead atoms. The van der Waals surface area contributed by atoms with Crippen molar-refractivity contribution in [3.63, 3.8) is 0 Å². The van der Waals surface area contributed by atoms with Crippen LogP contribution >= 0.6 is 38.5 Å². The molecule has 0 spiro atoms. The van der Waals surface area contributed by atoms with Crippen molar-refractivity contribution >= 4 is 55.5 Å². The topological polar surface area (TPSA) is 79.4 Å². The molecule has 2 aromatic carbocycles. The molecule has 5 rings (SSSR count). The molecule has 0 N–H and O–H groups in total. The number of hydrogen-bond donors (Lipinski definition) is 0. The first-order valence-corrected chi connectivity index (χ1v) is 15.9. The molecule has 0 saturated carbocycles. The van der Waals surface area contributed by atoms with E-state index in [4.69, 9.17) is 28.7 Å². The third kappa shape index (κ3) is 7.56. The zero-order chi connectivity index (χ0) is 29.1. The molecule has 220 valence electrons. The van der Waals surface area contributed by atoms with E-state index >= 15 is 0 Å². The van der Waals surface area contributed by atoms with Gasteiger partial charge in [0.1, 0.15) is 35.2 Å². The molecule has 2 saturated heterocycles. The summed E-state index contributed by atoms with van der Waals surface area (Å²) in [4.78, 5) is 19.3. The normalized spacial score (nSPS) is 18.8. The number of halogens is 2. The number of pyridine rings is 1. The minimum atomic E-state index is -0.551. The molecule has 3 aromatic rings. The van der Waals surface area contributed by atoms with Gasteiger partial charge in [-0.3, -0.25) is 0 Å². The minimum Gasteiger partial charge on any atom is -0.488 e. The Balaban J connectivity index is 1.49. The van der Waals surface area contributed by atoms with Crippen LogP contribution in [-0.2, 0) is 9.47 Å². The number of nitrogens with zero attached hydrogens (tertiary/aromatic N) is 2. The van der Waals surface area contributed by atoms with Crippen molar-refractivity contribution in [3.8, 4) is 17.4 Å². The standard InChI is InChI=1S/C31H36BrIN2O6/c1-19(20-8-6-5-7-9-20)38-29-27(32)24(33)16-23-25(17-26(34-28(23)29)40-21-11-14-37-15-12-21)39-22-10-13-35(18-22)30(36)41-31(2,3)4/h5-9,16-17,19,21-22H,10-15,18H2,1-4H3/t19-,22-/m0/s1. The van der Waals surface area contributed by atoms with Crippen molar-refractivity contribution in [2.75, 3.05) is 26.3 Å². The zero-order valence-electron chi connectivity index (χ0n) is 23.8. The zero-order valence-corrected chi connectivity index (χ0v) is 27.6. The summed E-state index contributed by atoms with van der Waals surface area (Å²) in [6, 6.07) is 14.0. The maximum Gasteiger partial charge on any atom is 0.410 e. The van der Waals surface area contributed by atoms with Gasteiger partial charge < -0.3 is 28.6 Å². The number of amides is 1. The highest BCUT2D eigenvalue weighted by Gasteiger charge is 2.32. The molecule has 10 heteroatoms. The van der Waals surface area contributed by atoms with Crippen LogP contribution in [0.4, 0.5) is 4.79 Å². The maximum absolute atomic E-state index is 12.7. The van der Waals surface area contributed by atoms with Gasteiger partial charge in [0, 0.05) is 40.8 Å². The summed E-state index contributed by atoms with van der Waals surface area (Å²) >= 11 is 6.05. The molecular formula is C31H36BrIN2O6. The van der Waals surface area contributed by atoms with E-state index in [1.165, 1.54) is 0 Å². The summed E-state index contributed by atoms with van der Waals surface area (Å²) in [6.07, 6.45) is 1.57. The Morgan fingerprint density at radius 3 is 2.54 bits per heavy atom. The largest absolute Gasteiger partial charge is 0.488 e. The molecule has 2 aliphatic rings. The molecule has 8 nitrogen and oxygen atoms in total. The van der Waals surface area contributed by atoms with Crippen LogP contribution in [0.1, 0.15) is 58.6 Å². The smallest absolute Gasteiger partial charge is 0.410 e. The van der Waals surface area contributed by atoms with E-state index in [0.717, 1.165) is 31.8 Å². The Labute approximate surface area is 263 Å². The number of carbonyl (C=O) groups is 1. The number of aromatic nitrogens is 1. The third-order valence-corrected chi connectivity index (χ3v) is 9.38. The highest BCUT2D eigenvalue weighted by Crippen LogP contribution is 2.43. The summed E-state index contributed by atoms with van der Waals surface area (Å²) in [5.41, 5.74) is 1.16. The van der Waals surface area contributed by atoms with Crippen LogP contribution in [0, 0.1) is 3.57 Å². The first kappa shape index (κ1) is 30.2. The fourth-order valence-electron chi connectivity index (χ4n) is 4.92. The molecule has 1 amide bonds. The molecule has 2 atom stereocenters. The van der Waals surface area contributed by atoms with Crippen LogP contribution in [0.3, 0.4) is 0 Å². The molecule has 41 heavy (non-hydrogen) atoms. The molecule has 0 unspecified atom stereocenters. The average Bonchev–Trinajstić information content (AvgIpc) is 3.41. The predicted octanol–water partition coefficient (Wildman–Crippen LogP) is 7.69. The number of likely N-dealkylation sites (tertiary alicyclic amines) is 1. The lowest BCUT2D eigenvalue weighted by molar-refractivity contribution is 0.0234. The van der Waals surface area contributed by atoms with E-state index in [2.05, 4.69) is 38.5 Å². The van der Waals surface area contributed by atoms with Crippen LogP contribution in [0.15, 0.2) is 46.9 Å². The van der Waals surface area contributed by atoms with E-state index in [9.17, 15) is 4.79 Å². The van der Waals surface area contributed by atoms with Gasteiger partial charge in [-0.2, -0.15) is 0 Å². The Morgan fingerprint density at radius 1 is 1.10 bits per heavy atom. The van der Waals surface area contributed by atoms with Gasteiger partial charge in [-0.1, -0.05) is 30.3 Å². The van der Waals surface area contributed by atoms with Crippen LogP contribution in [0.25, 0.3) is 10.9 Å². The first-order valence-electron chi connectivity index (χ1n) is 14.0. The number of carbonyl (C=O) groups excluding carboxylic acids is 1.